The van der Waals surface area contributed by atoms with Gasteiger partial charge in [-0.05, 0) is 38.5 Å². The summed E-state index contributed by atoms with van der Waals surface area (Å²) in [5.41, 5.74) is 6.03. The van der Waals surface area contributed by atoms with E-state index in [4.69, 9.17) is 10.5 Å². The lowest BCUT2D eigenvalue weighted by molar-refractivity contribution is 0.0525. The summed E-state index contributed by atoms with van der Waals surface area (Å²) in [5, 5.41) is 2.67. The first kappa shape index (κ1) is 15.4. The van der Waals surface area contributed by atoms with E-state index in [0.29, 0.717) is 13.1 Å². The van der Waals surface area contributed by atoms with Gasteiger partial charge < -0.3 is 15.8 Å². The second kappa shape index (κ2) is 6.52. The Bertz CT molecular complexity index is 412. The highest BCUT2D eigenvalue weighted by atomic mass is 19.1. The molecule has 4 nitrogen and oxygen atoms in total. The predicted octanol–water partition coefficient (Wildman–Crippen LogP) is 2.39. The van der Waals surface area contributed by atoms with E-state index in [0.717, 1.165) is 5.56 Å². The van der Waals surface area contributed by atoms with Crippen LogP contribution in [0, 0.1) is 5.82 Å². The highest BCUT2D eigenvalue weighted by Gasteiger charge is 2.17. The molecule has 1 atom stereocenters. The van der Waals surface area contributed by atoms with Gasteiger partial charge in [0.1, 0.15) is 11.4 Å². The lowest BCUT2D eigenvalue weighted by Crippen LogP contribution is -2.36. The predicted molar refractivity (Wildman–Crippen MR) is 72.4 cm³/mol. The van der Waals surface area contributed by atoms with Crippen molar-refractivity contribution in [2.24, 2.45) is 5.73 Å². The van der Waals surface area contributed by atoms with Crippen LogP contribution in [-0.2, 0) is 4.74 Å². The number of hydrogen-bond donors (Lipinski definition) is 2. The number of ether oxygens (including phenoxy) is 1. The van der Waals surface area contributed by atoms with Crippen molar-refractivity contribution in [1.29, 1.82) is 0 Å². The van der Waals surface area contributed by atoms with E-state index in [1.807, 2.05) is 0 Å². The SMILES string of the molecule is CC(C)(C)OC(=O)NCC(CN)c1ccc(F)cc1. The fraction of sp³-hybridized carbons (Fsp3) is 0.500. The zero-order chi connectivity index (χ0) is 14.5. The average Bonchev–Trinajstić information content (AvgIpc) is 2.29. The molecule has 3 N–H and O–H groups in total. The minimum Gasteiger partial charge on any atom is -0.444 e. The molecule has 1 amide bonds. The third-order valence-electron chi connectivity index (χ3n) is 2.52. The monoisotopic (exact) mass is 268 g/mol. The number of halogens is 1. The van der Waals surface area contributed by atoms with Crippen LogP contribution < -0.4 is 11.1 Å². The van der Waals surface area contributed by atoms with Crippen LogP contribution in [0.2, 0.25) is 0 Å². The maximum atomic E-state index is 12.8. The molecule has 0 aromatic heterocycles. The number of hydrogen-bond acceptors (Lipinski definition) is 3. The molecule has 0 saturated carbocycles. The molecule has 0 aliphatic carbocycles. The number of nitrogens with one attached hydrogen (secondary N) is 1. The molecule has 0 fully saturated rings. The van der Waals surface area contributed by atoms with E-state index in [9.17, 15) is 9.18 Å². The molecule has 106 valence electrons. The Labute approximate surface area is 113 Å². The van der Waals surface area contributed by atoms with Gasteiger partial charge in [0.2, 0.25) is 0 Å². The molecule has 1 rings (SSSR count). The quantitative estimate of drug-likeness (QED) is 0.881. The van der Waals surface area contributed by atoms with Crippen molar-refractivity contribution < 1.29 is 13.9 Å². The number of rotatable bonds is 4. The van der Waals surface area contributed by atoms with Gasteiger partial charge >= 0.3 is 6.09 Å². The van der Waals surface area contributed by atoms with Crippen molar-refractivity contribution in [2.75, 3.05) is 13.1 Å². The molecule has 0 aliphatic heterocycles. The molecular formula is C14H21FN2O2. The van der Waals surface area contributed by atoms with E-state index in [1.54, 1.807) is 32.9 Å². The summed E-state index contributed by atoms with van der Waals surface area (Å²) in [4.78, 5) is 11.5. The molecule has 1 aromatic carbocycles. The number of carbonyl (C=O) groups excluding carboxylic acids is 1. The molecule has 0 saturated heterocycles. The zero-order valence-corrected chi connectivity index (χ0v) is 11.6. The van der Waals surface area contributed by atoms with Gasteiger partial charge in [0.15, 0.2) is 0 Å². The van der Waals surface area contributed by atoms with Gasteiger partial charge in [-0.3, -0.25) is 0 Å². The van der Waals surface area contributed by atoms with Crippen molar-refractivity contribution in [2.45, 2.75) is 32.3 Å². The Balaban J connectivity index is 2.54. The second-order valence-corrected chi connectivity index (χ2v) is 5.37. The summed E-state index contributed by atoms with van der Waals surface area (Å²) in [6.45, 7) is 6.12. The normalized spacial score (nSPS) is 12.9. The Morgan fingerprint density at radius 2 is 1.95 bits per heavy atom. The topological polar surface area (TPSA) is 64.3 Å². The minimum absolute atomic E-state index is 0.0619. The Morgan fingerprint density at radius 3 is 2.42 bits per heavy atom. The molecule has 0 aliphatic rings. The molecule has 0 heterocycles. The van der Waals surface area contributed by atoms with Crippen LogP contribution in [0.5, 0.6) is 0 Å². The second-order valence-electron chi connectivity index (χ2n) is 5.37. The van der Waals surface area contributed by atoms with E-state index < -0.39 is 11.7 Å². The summed E-state index contributed by atoms with van der Waals surface area (Å²) >= 11 is 0. The van der Waals surface area contributed by atoms with E-state index in [1.165, 1.54) is 12.1 Å². The minimum atomic E-state index is -0.530. The van der Waals surface area contributed by atoms with Gasteiger partial charge in [-0.25, -0.2) is 9.18 Å². The zero-order valence-electron chi connectivity index (χ0n) is 11.6. The summed E-state index contributed by atoms with van der Waals surface area (Å²) in [6, 6.07) is 6.10. The average molecular weight is 268 g/mol. The number of alkyl carbamates (subject to hydrolysis) is 1. The molecule has 1 unspecified atom stereocenters. The molecule has 0 bridgehead atoms. The molecule has 5 heteroatoms. The van der Waals surface area contributed by atoms with Gasteiger partial charge in [-0.2, -0.15) is 0 Å². The molecular weight excluding hydrogens is 247 g/mol. The van der Waals surface area contributed by atoms with Crippen molar-refractivity contribution in [3.05, 3.63) is 35.6 Å². The third kappa shape index (κ3) is 5.70. The lowest BCUT2D eigenvalue weighted by atomic mass is 9.99. The molecule has 0 radical (unpaired) electrons. The molecule has 1 aromatic rings. The fourth-order valence-electron chi connectivity index (χ4n) is 1.59. The van der Waals surface area contributed by atoms with Gasteiger partial charge in [0, 0.05) is 19.0 Å². The van der Waals surface area contributed by atoms with E-state index >= 15 is 0 Å². The van der Waals surface area contributed by atoms with Crippen LogP contribution in [0.3, 0.4) is 0 Å². The maximum Gasteiger partial charge on any atom is 0.407 e. The van der Waals surface area contributed by atoms with Gasteiger partial charge in [-0.1, -0.05) is 12.1 Å². The van der Waals surface area contributed by atoms with Crippen molar-refractivity contribution >= 4 is 6.09 Å². The standard InChI is InChI=1S/C14H21FN2O2/c1-14(2,3)19-13(18)17-9-11(8-16)10-4-6-12(15)7-5-10/h4-7,11H,8-9,16H2,1-3H3,(H,17,18). The van der Waals surface area contributed by atoms with Crippen molar-refractivity contribution in [1.82, 2.24) is 5.32 Å². The van der Waals surface area contributed by atoms with Crippen LogP contribution >= 0.6 is 0 Å². The largest absolute Gasteiger partial charge is 0.444 e. The number of amides is 1. The summed E-state index contributed by atoms with van der Waals surface area (Å²) < 4.78 is 18.0. The third-order valence-corrected chi connectivity index (χ3v) is 2.52. The molecule has 0 spiro atoms. The smallest absolute Gasteiger partial charge is 0.407 e. The van der Waals surface area contributed by atoms with Crippen molar-refractivity contribution in [3.63, 3.8) is 0 Å². The summed E-state index contributed by atoms with van der Waals surface area (Å²) in [5.74, 6) is -0.354. The number of nitrogens with two attached hydrogens (primary N) is 1. The Hall–Kier alpha value is -1.62. The number of carbonyl (C=O) groups is 1. The van der Waals surface area contributed by atoms with Crippen LogP contribution in [0.25, 0.3) is 0 Å². The van der Waals surface area contributed by atoms with Gasteiger partial charge in [-0.15, -0.1) is 0 Å². The first-order chi connectivity index (χ1) is 8.81. The lowest BCUT2D eigenvalue weighted by Gasteiger charge is -2.21. The van der Waals surface area contributed by atoms with E-state index in [-0.39, 0.29) is 11.7 Å². The summed E-state index contributed by atoms with van der Waals surface area (Å²) in [7, 11) is 0. The van der Waals surface area contributed by atoms with Crippen LogP contribution in [0.15, 0.2) is 24.3 Å². The summed E-state index contributed by atoms with van der Waals surface area (Å²) in [6.07, 6.45) is -0.479. The van der Waals surface area contributed by atoms with Crippen LogP contribution in [0.1, 0.15) is 32.3 Å². The van der Waals surface area contributed by atoms with Crippen LogP contribution in [-0.4, -0.2) is 24.8 Å². The Morgan fingerprint density at radius 1 is 1.37 bits per heavy atom. The highest BCUT2D eigenvalue weighted by molar-refractivity contribution is 5.67. The first-order valence-electron chi connectivity index (χ1n) is 6.24. The maximum absolute atomic E-state index is 12.8. The highest BCUT2D eigenvalue weighted by Crippen LogP contribution is 2.14. The van der Waals surface area contributed by atoms with Gasteiger partial charge in [0.25, 0.3) is 0 Å². The number of benzene rings is 1. The van der Waals surface area contributed by atoms with E-state index in [2.05, 4.69) is 5.32 Å². The fourth-order valence-corrected chi connectivity index (χ4v) is 1.59. The van der Waals surface area contributed by atoms with Crippen molar-refractivity contribution in [3.8, 4) is 0 Å². The Kier molecular flexibility index (Phi) is 5.30. The van der Waals surface area contributed by atoms with Gasteiger partial charge in [0.05, 0.1) is 0 Å². The van der Waals surface area contributed by atoms with Crippen LogP contribution in [0.4, 0.5) is 9.18 Å². The first-order valence-corrected chi connectivity index (χ1v) is 6.24. The molecule has 19 heavy (non-hydrogen) atoms.